The van der Waals surface area contributed by atoms with E-state index in [1.54, 1.807) is 4.90 Å². The van der Waals surface area contributed by atoms with Gasteiger partial charge in [0, 0.05) is 13.1 Å². The van der Waals surface area contributed by atoms with Crippen molar-refractivity contribution in [2.24, 2.45) is 5.92 Å². The van der Waals surface area contributed by atoms with Gasteiger partial charge in [-0.1, -0.05) is 32.9 Å². The van der Waals surface area contributed by atoms with Gasteiger partial charge in [0.1, 0.15) is 12.4 Å². The predicted octanol–water partition coefficient (Wildman–Crippen LogP) is 3.26. The number of rotatable bonds is 5. The molecule has 1 heterocycles. The molecule has 0 aromatic heterocycles. The molecule has 1 aliphatic heterocycles. The van der Waals surface area contributed by atoms with Gasteiger partial charge in [-0.15, -0.1) is 0 Å². The molecule has 2 amide bonds. The van der Waals surface area contributed by atoms with Crippen LogP contribution in [0.5, 0.6) is 5.75 Å². The molecular weight excluding hydrogens is 332 g/mol. The third-order valence-electron chi connectivity index (χ3n) is 4.72. The fourth-order valence-corrected chi connectivity index (χ4v) is 2.95. The fourth-order valence-electron chi connectivity index (χ4n) is 2.95. The Morgan fingerprint density at radius 1 is 1.23 bits per heavy atom. The highest BCUT2D eigenvalue weighted by molar-refractivity contribution is 5.75. The number of benzene rings is 1. The molecule has 1 saturated heterocycles. The summed E-state index contributed by atoms with van der Waals surface area (Å²) in [6.07, 6.45) is 1.02. The lowest BCUT2D eigenvalue weighted by Gasteiger charge is -2.31. The van der Waals surface area contributed by atoms with Crippen molar-refractivity contribution in [3.8, 4) is 5.75 Å². The predicted molar refractivity (Wildman–Crippen MR) is 101 cm³/mol. The summed E-state index contributed by atoms with van der Waals surface area (Å²) < 4.78 is 5.76. The van der Waals surface area contributed by atoms with E-state index in [9.17, 15) is 9.59 Å². The van der Waals surface area contributed by atoms with Crippen molar-refractivity contribution in [1.29, 1.82) is 0 Å². The number of carboxylic acid groups (broad SMARTS) is 1. The van der Waals surface area contributed by atoms with Gasteiger partial charge >= 0.3 is 12.0 Å². The van der Waals surface area contributed by atoms with Gasteiger partial charge in [0.2, 0.25) is 0 Å². The molecule has 6 heteroatoms. The number of hydrogen-bond acceptors (Lipinski definition) is 3. The van der Waals surface area contributed by atoms with Crippen molar-refractivity contribution < 1.29 is 19.4 Å². The maximum absolute atomic E-state index is 12.3. The number of amides is 2. The van der Waals surface area contributed by atoms with Crippen molar-refractivity contribution in [2.45, 2.75) is 52.0 Å². The monoisotopic (exact) mass is 362 g/mol. The SMILES string of the molecule is CC(COc1ccc(C(C)(C)C)cc1)NC(=O)N1CCC(C(=O)O)CC1. The number of aliphatic carboxylic acids is 1. The smallest absolute Gasteiger partial charge is 0.317 e. The van der Waals surface area contributed by atoms with Crippen molar-refractivity contribution in [3.63, 3.8) is 0 Å². The number of carboxylic acids is 1. The number of nitrogens with one attached hydrogen (secondary N) is 1. The molecule has 1 atom stereocenters. The zero-order valence-corrected chi connectivity index (χ0v) is 16.1. The third kappa shape index (κ3) is 5.64. The zero-order valence-electron chi connectivity index (χ0n) is 16.1. The Morgan fingerprint density at radius 2 is 1.81 bits per heavy atom. The molecule has 1 unspecified atom stereocenters. The van der Waals surface area contributed by atoms with Crippen LogP contribution in [-0.4, -0.2) is 47.7 Å². The number of carbonyl (C=O) groups excluding carboxylic acids is 1. The number of likely N-dealkylation sites (tertiary alicyclic amines) is 1. The number of urea groups is 1. The van der Waals surface area contributed by atoms with E-state index >= 15 is 0 Å². The van der Waals surface area contributed by atoms with Crippen molar-refractivity contribution >= 4 is 12.0 Å². The summed E-state index contributed by atoms with van der Waals surface area (Å²) in [5, 5.41) is 11.9. The normalized spacial score (nSPS) is 16.8. The summed E-state index contributed by atoms with van der Waals surface area (Å²) in [6, 6.07) is 7.73. The lowest BCUT2D eigenvalue weighted by Crippen LogP contribution is -2.49. The minimum Gasteiger partial charge on any atom is -0.491 e. The molecule has 0 radical (unpaired) electrons. The maximum Gasteiger partial charge on any atom is 0.317 e. The van der Waals surface area contributed by atoms with Gasteiger partial charge in [-0.3, -0.25) is 4.79 Å². The van der Waals surface area contributed by atoms with E-state index in [-0.39, 0.29) is 23.4 Å². The Hall–Kier alpha value is -2.24. The van der Waals surface area contributed by atoms with Gasteiger partial charge in [-0.05, 0) is 42.9 Å². The molecule has 1 aromatic carbocycles. The van der Waals surface area contributed by atoms with Gasteiger partial charge in [0.25, 0.3) is 0 Å². The molecule has 0 spiro atoms. The molecule has 1 fully saturated rings. The molecule has 0 bridgehead atoms. The summed E-state index contributed by atoms with van der Waals surface area (Å²) in [5.41, 5.74) is 1.35. The molecule has 0 saturated carbocycles. The molecule has 144 valence electrons. The summed E-state index contributed by atoms with van der Waals surface area (Å²) >= 11 is 0. The lowest BCUT2D eigenvalue weighted by molar-refractivity contribution is -0.143. The molecule has 1 aromatic rings. The Balaban J connectivity index is 1.75. The number of piperidine rings is 1. The second-order valence-electron chi connectivity index (χ2n) is 8.04. The van der Waals surface area contributed by atoms with E-state index in [0.29, 0.717) is 32.5 Å². The number of carbonyl (C=O) groups is 2. The van der Waals surface area contributed by atoms with Crippen LogP contribution in [-0.2, 0) is 10.2 Å². The van der Waals surface area contributed by atoms with Crippen LogP contribution >= 0.6 is 0 Å². The highest BCUT2D eigenvalue weighted by Crippen LogP contribution is 2.24. The zero-order chi connectivity index (χ0) is 19.3. The Kier molecular flexibility index (Phi) is 6.51. The second kappa shape index (κ2) is 8.43. The Labute approximate surface area is 155 Å². The first-order valence-electron chi connectivity index (χ1n) is 9.18. The van der Waals surface area contributed by atoms with E-state index in [1.807, 2.05) is 19.1 Å². The molecule has 26 heavy (non-hydrogen) atoms. The van der Waals surface area contributed by atoms with Crippen LogP contribution in [0.3, 0.4) is 0 Å². The van der Waals surface area contributed by atoms with E-state index in [0.717, 1.165) is 5.75 Å². The topological polar surface area (TPSA) is 78.9 Å². The third-order valence-corrected chi connectivity index (χ3v) is 4.72. The molecule has 1 aliphatic rings. The van der Waals surface area contributed by atoms with E-state index in [4.69, 9.17) is 9.84 Å². The van der Waals surface area contributed by atoms with Crippen LogP contribution in [0.4, 0.5) is 4.79 Å². The minimum absolute atomic E-state index is 0.105. The fraction of sp³-hybridized carbons (Fsp3) is 0.600. The first-order chi connectivity index (χ1) is 12.2. The first-order valence-corrected chi connectivity index (χ1v) is 9.18. The van der Waals surface area contributed by atoms with Crippen LogP contribution in [0, 0.1) is 5.92 Å². The van der Waals surface area contributed by atoms with Crippen molar-refractivity contribution in [2.75, 3.05) is 19.7 Å². The largest absolute Gasteiger partial charge is 0.491 e. The van der Waals surface area contributed by atoms with E-state index in [2.05, 4.69) is 38.2 Å². The molecule has 2 rings (SSSR count). The van der Waals surface area contributed by atoms with Crippen LogP contribution in [0.25, 0.3) is 0 Å². The van der Waals surface area contributed by atoms with Gasteiger partial charge in [-0.2, -0.15) is 0 Å². The van der Waals surface area contributed by atoms with Gasteiger partial charge in [-0.25, -0.2) is 4.79 Å². The van der Waals surface area contributed by atoms with Crippen LogP contribution in [0.2, 0.25) is 0 Å². The molecular formula is C20H30N2O4. The quantitative estimate of drug-likeness (QED) is 0.843. The standard InChI is InChI=1S/C20H30N2O4/c1-14(13-26-17-7-5-16(6-8-17)20(2,3)4)21-19(25)22-11-9-15(10-12-22)18(23)24/h5-8,14-15H,9-13H2,1-4H3,(H,21,25)(H,23,24). The van der Waals surface area contributed by atoms with Crippen molar-refractivity contribution in [3.05, 3.63) is 29.8 Å². The first kappa shape index (κ1) is 20.1. The van der Waals surface area contributed by atoms with Crippen LogP contribution in [0.15, 0.2) is 24.3 Å². The Morgan fingerprint density at radius 3 is 2.31 bits per heavy atom. The van der Waals surface area contributed by atoms with Crippen LogP contribution in [0.1, 0.15) is 46.1 Å². The highest BCUT2D eigenvalue weighted by atomic mass is 16.5. The van der Waals surface area contributed by atoms with E-state index < -0.39 is 5.97 Å². The summed E-state index contributed by atoms with van der Waals surface area (Å²) in [5.74, 6) is -0.332. The van der Waals surface area contributed by atoms with Gasteiger partial charge in [0.15, 0.2) is 0 Å². The van der Waals surface area contributed by atoms with Crippen LogP contribution < -0.4 is 10.1 Å². The number of hydrogen-bond donors (Lipinski definition) is 2. The molecule has 6 nitrogen and oxygen atoms in total. The molecule has 2 N–H and O–H groups in total. The lowest BCUT2D eigenvalue weighted by atomic mass is 9.87. The maximum atomic E-state index is 12.3. The van der Waals surface area contributed by atoms with Gasteiger partial charge < -0.3 is 20.1 Å². The Bertz CT molecular complexity index is 614. The highest BCUT2D eigenvalue weighted by Gasteiger charge is 2.27. The van der Waals surface area contributed by atoms with Gasteiger partial charge in [0.05, 0.1) is 12.0 Å². The summed E-state index contributed by atoms with van der Waals surface area (Å²) in [4.78, 5) is 24.9. The average Bonchev–Trinajstić information content (AvgIpc) is 2.59. The minimum atomic E-state index is -0.774. The molecule has 0 aliphatic carbocycles. The summed E-state index contributed by atoms with van der Waals surface area (Å²) in [6.45, 7) is 9.73. The average molecular weight is 362 g/mol. The second-order valence-corrected chi connectivity index (χ2v) is 8.04. The number of ether oxygens (including phenoxy) is 1. The van der Waals surface area contributed by atoms with Crippen molar-refractivity contribution in [1.82, 2.24) is 10.2 Å². The van der Waals surface area contributed by atoms with E-state index in [1.165, 1.54) is 5.56 Å². The number of nitrogens with zero attached hydrogens (tertiary/aromatic N) is 1. The summed E-state index contributed by atoms with van der Waals surface area (Å²) in [7, 11) is 0.